The first-order valence-corrected chi connectivity index (χ1v) is 8.57. The summed E-state index contributed by atoms with van der Waals surface area (Å²) in [5.74, 6) is 0.585. The highest BCUT2D eigenvalue weighted by Gasteiger charge is 2.27. The van der Waals surface area contributed by atoms with E-state index in [-0.39, 0.29) is 5.91 Å². The van der Waals surface area contributed by atoms with Crippen LogP contribution in [0.25, 0.3) is 5.65 Å². The van der Waals surface area contributed by atoms with Crippen molar-refractivity contribution < 1.29 is 4.79 Å². The van der Waals surface area contributed by atoms with Gasteiger partial charge < -0.3 is 4.90 Å². The smallest absolute Gasteiger partial charge is 0.255 e. The molecule has 0 saturated carbocycles. The molecule has 3 aromatic rings. The normalized spacial score (nSPS) is 18.0. The lowest BCUT2D eigenvalue weighted by atomic mass is 10.1. The number of amides is 1. The average Bonchev–Trinajstić information content (AvgIpc) is 3.27. The Morgan fingerprint density at radius 1 is 1.43 bits per heavy atom. The number of hydrogen-bond donors (Lipinski definition) is 0. The number of hydrogen-bond acceptors (Lipinski definition) is 5. The summed E-state index contributed by atoms with van der Waals surface area (Å²) in [5, 5.41) is 11.1. The minimum Gasteiger partial charge on any atom is -0.338 e. The summed E-state index contributed by atoms with van der Waals surface area (Å²) in [7, 11) is 0. The number of carbonyl (C=O) groups is 1. The number of carbonyl (C=O) groups excluding carboxylic acids is 1. The Labute approximate surface area is 137 Å². The molecule has 0 aliphatic carbocycles. The van der Waals surface area contributed by atoms with Crippen LogP contribution in [0.3, 0.4) is 0 Å². The first-order chi connectivity index (χ1) is 11.2. The average molecular weight is 327 g/mol. The van der Waals surface area contributed by atoms with Crippen molar-refractivity contribution in [3.8, 4) is 0 Å². The van der Waals surface area contributed by atoms with Gasteiger partial charge in [0, 0.05) is 36.8 Å². The second-order valence-corrected chi connectivity index (χ2v) is 6.95. The lowest BCUT2D eigenvalue weighted by Gasteiger charge is -2.16. The summed E-state index contributed by atoms with van der Waals surface area (Å²) < 4.78 is 1.78. The molecule has 4 rings (SSSR count). The minimum absolute atomic E-state index is 0.0819. The largest absolute Gasteiger partial charge is 0.338 e. The van der Waals surface area contributed by atoms with E-state index in [1.165, 1.54) is 5.01 Å². The Balaban J connectivity index is 1.45. The van der Waals surface area contributed by atoms with Gasteiger partial charge in [-0.1, -0.05) is 0 Å². The van der Waals surface area contributed by atoms with Crippen molar-refractivity contribution in [2.75, 3.05) is 13.1 Å². The molecule has 1 fully saturated rings. The number of nitrogens with zero attached hydrogens (tertiary/aromatic N) is 5. The van der Waals surface area contributed by atoms with Gasteiger partial charge in [-0.2, -0.15) is 0 Å². The Morgan fingerprint density at radius 3 is 3.17 bits per heavy atom. The van der Waals surface area contributed by atoms with E-state index in [2.05, 4.69) is 20.6 Å². The van der Waals surface area contributed by atoms with Crippen LogP contribution >= 0.6 is 11.3 Å². The summed E-state index contributed by atoms with van der Waals surface area (Å²) in [6, 6.07) is 3.65. The second kappa shape index (κ2) is 5.73. The summed E-state index contributed by atoms with van der Waals surface area (Å²) in [5.41, 5.74) is 2.52. The molecule has 1 aliphatic rings. The summed E-state index contributed by atoms with van der Waals surface area (Å²) in [4.78, 5) is 19.1. The van der Waals surface area contributed by atoms with E-state index in [1.807, 2.05) is 24.0 Å². The van der Waals surface area contributed by atoms with Crippen molar-refractivity contribution in [3.05, 3.63) is 46.3 Å². The van der Waals surface area contributed by atoms with Crippen molar-refractivity contribution in [2.24, 2.45) is 5.92 Å². The van der Waals surface area contributed by atoms with Gasteiger partial charge in [-0.3, -0.25) is 9.20 Å². The monoisotopic (exact) mass is 327 g/mol. The van der Waals surface area contributed by atoms with Gasteiger partial charge in [0.2, 0.25) is 0 Å². The fourth-order valence-electron chi connectivity index (χ4n) is 3.06. The molecule has 1 amide bonds. The van der Waals surface area contributed by atoms with Gasteiger partial charge in [0.1, 0.15) is 6.33 Å². The number of pyridine rings is 1. The van der Waals surface area contributed by atoms with Crippen LogP contribution in [0.1, 0.15) is 27.5 Å². The van der Waals surface area contributed by atoms with E-state index >= 15 is 0 Å². The molecule has 23 heavy (non-hydrogen) atoms. The zero-order valence-corrected chi connectivity index (χ0v) is 13.7. The molecule has 0 bridgehead atoms. The number of aromatic nitrogens is 4. The van der Waals surface area contributed by atoms with Crippen LogP contribution in [0.5, 0.6) is 0 Å². The third-order valence-corrected chi connectivity index (χ3v) is 5.23. The maximum Gasteiger partial charge on any atom is 0.255 e. The van der Waals surface area contributed by atoms with Gasteiger partial charge in [0.05, 0.1) is 10.6 Å². The van der Waals surface area contributed by atoms with Gasteiger partial charge in [0.15, 0.2) is 5.65 Å². The number of likely N-dealkylation sites (tertiary alicyclic amines) is 1. The van der Waals surface area contributed by atoms with Crippen molar-refractivity contribution in [1.29, 1.82) is 0 Å². The zero-order chi connectivity index (χ0) is 15.8. The number of thiazole rings is 1. The highest BCUT2D eigenvalue weighted by Crippen LogP contribution is 2.24. The van der Waals surface area contributed by atoms with E-state index in [0.29, 0.717) is 11.5 Å². The van der Waals surface area contributed by atoms with Crippen molar-refractivity contribution in [3.63, 3.8) is 0 Å². The second-order valence-electron chi connectivity index (χ2n) is 6.01. The summed E-state index contributed by atoms with van der Waals surface area (Å²) >= 11 is 1.71. The molecule has 3 aromatic heterocycles. The maximum absolute atomic E-state index is 12.7. The lowest BCUT2D eigenvalue weighted by molar-refractivity contribution is 0.0786. The number of rotatable bonds is 3. The molecule has 1 unspecified atom stereocenters. The van der Waals surface area contributed by atoms with E-state index in [9.17, 15) is 4.79 Å². The predicted octanol–water partition coefficient (Wildman–Crippen LogP) is 2.20. The van der Waals surface area contributed by atoms with Crippen LogP contribution in [-0.2, 0) is 6.42 Å². The third kappa shape index (κ3) is 2.84. The van der Waals surface area contributed by atoms with E-state index in [4.69, 9.17) is 0 Å². The molecule has 1 saturated heterocycles. The summed E-state index contributed by atoms with van der Waals surface area (Å²) in [6.07, 6.45) is 5.42. The van der Waals surface area contributed by atoms with E-state index < -0.39 is 0 Å². The topological polar surface area (TPSA) is 63.4 Å². The fourth-order valence-corrected chi connectivity index (χ4v) is 3.95. The first kappa shape index (κ1) is 14.3. The van der Waals surface area contributed by atoms with Gasteiger partial charge >= 0.3 is 0 Å². The van der Waals surface area contributed by atoms with Crippen molar-refractivity contribution in [2.45, 2.75) is 19.8 Å². The highest BCUT2D eigenvalue weighted by molar-refractivity contribution is 7.09. The standard InChI is InChI=1S/C16H17N5OS/c1-11-9-23-15(18-11)6-12-4-5-20(7-12)16(22)13-2-3-14-19-17-10-21(14)8-13/h2-3,8-10,12H,4-7H2,1H3. The van der Waals surface area contributed by atoms with Gasteiger partial charge in [0.25, 0.3) is 5.91 Å². The zero-order valence-electron chi connectivity index (χ0n) is 12.8. The molecule has 118 valence electrons. The molecule has 7 heteroatoms. The molecule has 0 N–H and O–H groups in total. The number of aryl methyl sites for hydroxylation is 1. The highest BCUT2D eigenvalue weighted by atomic mass is 32.1. The minimum atomic E-state index is 0.0819. The molecule has 0 spiro atoms. The fraction of sp³-hybridized carbons (Fsp3) is 0.375. The Kier molecular flexibility index (Phi) is 3.57. The van der Waals surface area contributed by atoms with Gasteiger partial charge in [-0.15, -0.1) is 21.5 Å². The summed E-state index contributed by atoms with van der Waals surface area (Å²) in [6.45, 7) is 3.64. The Bertz CT molecular complexity index is 855. The molecule has 6 nitrogen and oxygen atoms in total. The Morgan fingerprint density at radius 2 is 2.35 bits per heavy atom. The van der Waals surface area contributed by atoms with Gasteiger partial charge in [-0.25, -0.2) is 4.98 Å². The first-order valence-electron chi connectivity index (χ1n) is 7.69. The Hall–Kier alpha value is -2.28. The van der Waals surface area contributed by atoms with Crippen LogP contribution < -0.4 is 0 Å². The van der Waals surface area contributed by atoms with Crippen LogP contribution in [0, 0.1) is 12.8 Å². The predicted molar refractivity (Wildman–Crippen MR) is 87.6 cm³/mol. The lowest BCUT2D eigenvalue weighted by Crippen LogP contribution is -2.29. The van der Waals surface area contributed by atoms with Crippen molar-refractivity contribution in [1.82, 2.24) is 24.5 Å². The molecule has 0 aromatic carbocycles. The molecule has 1 aliphatic heterocycles. The van der Waals surface area contributed by atoms with Crippen LogP contribution in [0.4, 0.5) is 0 Å². The van der Waals surface area contributed by atoms with Crippen LogP contribution in [0.2, 0.25) is 0 Å². The maximum atomic E-state index is 12.7. The van der Waals surface area contributed by atoms with Crippen molar-refractivity contribution >= 4 is 22.9 Å². The SMILES string of the molecule is Cc1csc(CC2CCN(C(=O)c3ccc4nncn4c3)C2)n1. The quantitative estimate of drug-likeness (QED) is 0.740. The third-order valence-electron chi connectivity index (χ3n) is 4.24. The van der Waals surface area contributed by atoms with E-state index in [1.54, 1.807) is 28.3 Å². The van der Waals surface area contributed by atoms with Crippen LogP contribution in [-0.4, -0.2) is 43.5 Å². The molecule has 4 heterocycles. The van der Waals surface area contributed by atoms with E-state index in [0.717, 1.165) is 37.3 Å². The molecule has 1 atom stereocenters. The molecule has 0 radical (unpaired) electrons. The van der Waals surface area contributed by atoms with Gasteiger partial charge in [-0.05, 0) is 31.4 Å². The van der Waals surface area contributed by atoms with Crippen LogP contribution in [0.15, 0.2) is 30.0 Å². The number of fused-ring (bicyclic) bond motifs is 1. The molecular weight excluding hydrogens is 310 g/mol. The molecular formula is C16H17N5OS.